The van der Waals surface area contributed by atoms with Gasteiger partial charge < -0.3 is 15.4 Å². The average Bonchev–Trinajstić information content (AvgIpc) is 2.92. The highest BCUT2D eigenvalue weighted by molar-refractivity contribution is 7.89. The minimum atomic E-state index is -3.74. The van der Waals surface area contributed by atoms with Gasteiger partial charge in [-0.3, -0.25) is 14.5 Å². The summed E-state index contributed by atoms with van der Waals surface area (Å²) < 4.78 is 32.6. The molecule has 2 aliphatic rings. The molecule has 2 heterocycles. The standard InChI is InChI=1S/C21H30N4O6S/c1-14(2)12-21(4)19(27)25(20(28)23-21)13-18(26)22-16-6-5-15(3)17(11-16)32(29,30)24-7-9-31-10-8-24/h5-6,11,14H,7-10,12-13H2,1-4H3,(H,22,26)(H,23,28). The number of anilines is 1. The Morgan fingerprint density at radius 2 is 1.91 bits per heavy atom. The Morgan fingerprint density at radius 3 is 2.53 bits per heavy atom. The van der Waals surface area contributed by atoms with E-state index in [0.717, 1.165) is 4.90 Å². The van der Waals surface area contributed by atoms with Gasteiger partial charge in [0.1, 0.15) is 12.1 Å². The summed E-state index contributed by atoms with van der Waals surface area (Å²) in [5, 5.41) is 5.27. The Kier molecular flexibility index (Phi) is 6.91. The van der Waals surface area contributed by atoms with Crippen LogP contribution in [0.4, 0.5) is 10.5 Å². The van der Waals surface area contributed by atoms with Gasteiger partial charge >= 0.3 is 6.03 Å². The zero-order valence-corrected chi connectivity index (χ0v) is 19.6. The summed E-state index contributed by atoms with van der Waals surface area (Å²) in [6.45, 7) is 7.94. The largest absolute Gasteiger partial charge is 0.379 e. The normalized spacial score (nSPS) is 22.3. The third-order valence-electron chi connectivity index (χ3n) is 5.52. The van der Waals surface area contributed by atoms with Crippen molar-refractivity contribution < 1.29 is 27.5 Å². The molecule has 3 rings (SSSR count). The van der Waals surface area contributed by atoms with Crippen LogP contribution in [0.1, 0.15) is 32.8 Å². The van der Waals surface area contributed by atoms with Crippen molar-refractivity contribution in [3.63, 3.8) is 0 Å². The summed E-state index contributed by atoms with van der Waals surface area (Å²) in [6, 6.07) is 3.97. The number of aryl methyl sites for hydroxylation is 1. The van der Waals surface area contributed by atoms with Crippen LogP contribution >= 0.6 is 0 Å². The van der Waals surface area contributed by atoms with E-state index in [1.807, 2.05) is 13.8 Å². The van der Waals surface area contributed by atoms with Gasteiger partial charge in [-0.1, -0.05) is 19.9 Å². The van der Waals surface area contributed by atoms with Gasteiger partial charge in [0.2, 0.25) is 15.9 Å². The zero-order valence-electron chi connectivity index (χ0n) is 18.8. The minimum Gasteiger partial charge on any atom is -0.379 e. The summed E-state index contributed by atoms with van der Waals surface area (Å²) in [4.78, 5) is 38.6. The van der Waals surface area contributed by atoms with Crippen LogP contribution in [0.25, 0.3) is 0 Å². The number of benzene rings is 1. The number of rotatable bonds is 7. The molecule has 2 N–H and O–H groups in total. The Morgan fingerprint density at radius 1 is 1.25 bits per heavy atom. The molecular weight excluding hydrogens is 436 g/mol. The molecule has 0 radical (unpaired) electrons. The van der Waals surface area contributed by atoms with E-state index >= 15 is 0 Å². The maximum absolute atomic E-state index is 13.0. The van der Waals surface area contributed by atoms with Crippen LogP contribution in [-0.4, -0.2) is 73.9 Å². The number of sulfonamides is 1. The molecule has 1 aromatic carbocycles. The van der Waals surface area contributed by atoms with Crippen molar-refractivity contribution in [1.82, 2.24) is 14.5 Å². The van der Waals surface area contributed by atoms with Gasteiger partial charge in [-0.05, 0) is 43.9 Å². The van der Waals surface area contributed by atoms with Gasteiger partial charge in [0, 0.05) is 18.8 Å². The lowest BCUT2D eigenvalue weighted by atomic mass is 9.91. The first-order valence-corrected chi connectivity index (χ1v) is 12.0. The van der Waals surface area contributed by atoms with Crippen LogP contribution in [0.15, 0.2) is 23.1 Å². The fourth-order valence-electron chi connectivity index (χ4n) is 4.07. The summed E-state index contributed by atoms with van der Waals surface area (Å²) in [7, 11) is -3.74. The maximum Gasteiger partial charge on any atom is 0.325 e. The minimum absolute atomic E-state index is 0.0942. The molecule has 2 aliphatic heterocycles. The number of hydrogen-bond acceptors (Lipinski definition) is 6. The number of nitrogens with zero attached hydrogens (tertiary/aromatic N) is 2. The number of imide groups is 1. The first-order valence-electron chi connectivity index (χ1n) is 10.6. The summed E-state index contributed by atoms with van der Waals surface area (Å²) in [5.41, 5.74) is -0.230. The molecule has 32 heavy (non-hydrogen) atoms. The molecule has 0 bridgehead atoms. The summed E-state index contributed by atoms with van der Waals surface area (Å²) in [6.07, 6.45) is 0.455. The molecule has 2 fully saturated rings. The highest BCUT2D eigenvalue weighted by atomic mass is 32.2. The summed E-state index contributed by atoms with van der Waals surface area (Å²) in [5.74, 6) is -0.871. The Hall–Kier alpha value is -2.50. The number of amides is 4. The number of morpholine rings is 1. The monoisotopic (exact) mass is 466 g/mol. The predicted octanol–water partition coefficient (Wildman–Crippen LogP) is 1.31. The maximum atomic E-state index is 13.0. The Balaban J connectivity index is 1.73. The lowest BCUT2D eigenvalue weighted by Crippen LogP contribution is -2.45. The number of carbonyl (C=O) groups is 3. The SMILES string of the molecule is Cc1ccc(NC(=O)CN2C(=O)NC(C)(CC(C)C)C2=O)cc1S(=O)(=O)N1CCOCC1. The van der Waals surface area contributed by atoms with Crippen molar-refractivity contribution >= 4 is 33.6 Å². The van der Waals surface area contributed by atoms with Gasteiger partial charge in [0.05, 0.1) is 18.1 Å². The van der Waals surface area contributed by atoms with E-state index in [1.54, 1.807) is 26.0 Å². The molecule has 0 aromatic heterocycles. The molecule has 1 atom stereocenters. The number of nitrogens with one attached hydrogen (secondary N) is 2. The van der Waals surface area contributed by atoms with Crippen LogP contribution in [0, 0.1) is 12.8 Å². The number of hydrogen-bond donors (Lipinski definition) is 2. The fourth-order valence-corrected chi connectivity index (χ4v) is 5.73. The van der Waals surface area contributed by atoms with Crippen LogP contribution in [0.2, 0.25) is 0 Å². The second-order valence-corrected chi connectivity index (χ2v) is 10.7. The molecule has 11 heteroatoms. The first-order chi connectivity index (χ1) is 14.9. The van der Waals surface area contributed by atoms with E-state index in [4.69, 9.17) is 4.74 Å². The van der Waals surface area contributed by atoms with Gasteiger partial charge in [-0.25, -0.2) is 13.2 Å². The molecule has 1 unspecified atom stereocenters. The van der Waals surface area contributed by atoms with Gasteiger partial charge in [-0.2, -0.15) is 4.31 Å². The first kappa shape index (κ1) is 24.1. The highest BCUT2D eigenvalue weighted by Crippen LogP contribution is 2.26. The molecule has 0 spiro atoms. The molecule has 0 aliphatic carbocycles. The second-order valence-electron chi connectivity index (χ2n) is 8.80. The van der Waals surface area contributed by atoms with Crippen molar-refractivity contribution in [2.75, 3.05) is 38.2 Å². The van der Waals surface area contributed by atoms with Crippen LogP contribution in [-0.2, 0) is 24.3 Å². The number of ether oxygens (including phenoxy) is 1. The molecule has 176 valence electrons. The van der Waals surface area contributed by atoms with E-state index in [-0.39, 0.29) is 29.6 Å². The Bertz CT molecular complexity index is 1020. The molecular formula is C21H30N4O6S. The number of urea groups is 1. The quantitative estimate of drug-likeness (QED) is 0.584. The van der Waals surface area contributed by atoms with E-state index < -0.39 is 40.0 Å². The van der Waals surface area contributed by atoms with E-state index in [2.05, 4.69) is 10.6 Å². The Labute approximate surface area is 188 Å². The third-order valence-corrected chi connectivity index (χ3v) is 7.56. The van der Waals surface area contributed by atoms with Gasteiger partial charge in [-0.15, -0.1) is 0 Å². The van der Waals surface area contributed by atoms with Crippen LogP contribution in [0.5, 0.6) is 0 Å². The van der Waals surface area contributed by atoms with Crippen molar-refractivity contribution in [3.05, 3.63) is 23.8 Å². The topological polar surface area (TPSA) is 125 Å². The molecule has 10 nitrogen and oxygen atoms in total. The second kappa shape index (κ2) is 9.16. The van der Waals surface area contributed by atoms with Gasteiger partial charge in [0.15, 0.2) is 0 Å². The summed E-state index contributed by atoms with van der Waals surface area (Å²) >= 11 is 0. The van der Waals surface area contributed by atoms with E-state index in [1.165, 1.54) is 10.4 Å². The smallest absolute Gasteiger partial charge is 0.325 e. The van der Waals surface area contributed by atoms with Crippen molar-refractivity contribution in [2.45, 2.75) is 44.6 Å². The van der Waals surface area contributed by atoms with E-state index in [9.17, 15) is 22.8 Å². The molecule has 1 aromatic rings. The number of carbonyl (C=O) groups excluding carboxylic acids is 3. The molecule has 0 saturated carbocycles. The lowest BCUT2D eigenvalue weighted by Gasteiger charge is -2.27. The van der Waals surface area contributed by atoms with Crippen molar-refractivity contribution in [3.8, 4) is 0 Å². The van der Waals surface area contributed by atoms with E-state index in [0.29, 0.717) is 25.2 Å². The predicted molar refractivity (Wildman–Crippen MR) is 117 cm³/mol. The highest BCUT2D eigenvalue weighted by Gasteiger charge is 2.48. The lowest BCUT2D eigenvalue weighted by molar-refractivity contribution is -0.133. The van der Waals surface area contributed by atoms with Crippen LogP contribution < -0.4 is 10.6 Å². The average molecular weight is 467 g/mol. The third kappa shape index (κ3) is 4.94. The van der Waals surface area contributed by atoms with Crippen molar-refractivity contribution in [1.29, 1.82) is 0 Å². The molecule has 2 saturated heterocycles. The molecule has 4 amide bonds. The van der Waals surface area contributed by atoms with Crippen molar-refractivity contribution in [2.24, 2.45) is 5.92 Å². The van der Waals surface area contributed by atoms with Crippen LogP contribution in [0.3, 0.4) is 0 Å². The zero-order chi connectivity index (χ0) is 23.7. The van der Waals surface area contributed by atoms with Gasteiger partial charge in [0.25, 0.3) is 5.91 Å². The fraction of sp³-hybridized carbons (Fsp3) is 0.571.